The smallest absolute Gasteiger partial charge is 0.248 e. The van der Waals surface area contributed by atoms with Gasteiger partial charge in [-0.3, -0.25) is 14.7 Å². The number of benzene rings is 2. The summed E-state index contributed by atoms with van der Waals surface area (Å²) in [6, 6.07) is 17.6. The molecule has 1 saturated heterocycles. The summed E-state index contributed by atoms with van der Waals surface area (Å²) < 4.78 is 11.6. The highest BCUT2D eigenvalue weighted by Gasteiger charge is 2.24. The summed E-state index contributed by atoms with van der Waals surface area (Å²) in [6.07, 6.45) is 1.77. The van der Waals surface area contributed by atoms with Crippen LogP contribution in [0.4, 0.5) is 0 Å². The highest BCUT2D eigenvalue weighted by molar-refractivity contribution is 5.93. The molecule has 0 bridgehead atoms. The van der Waals surface area contributed by atoms with Crippen molar-refractivity contribution in [1.82, 2.24) is 9.88 Å². The highest BCUT2D eigenvalue weighted by atomic mass is 16.5. The van der Waals surface area contributed by atoms with Crippen molar-refractivity contribution in [3.63, 3.8) is 0 Å². The van der Waals surface area contributed by atoms with Crippen molar-refractivity contribution in [3.05, 3.63) is 83.2 Å². The third-order valence-electron chi connectivity index (χ3n) is 5.61. The van der Waals surface area contributed by atoms with Crippen LogP contribution in [0.2, 0.25) is 0 Å². The van der Waals surface area contributed by atoms with Crippen LogP contribution in [0.5, 0.6) is 5.75 Å². The summed E-state index contributed by atoms with van der Waals surface area (Å²) in [4.78, 5) is 18.3. The van der Waals surface area contributed by atoms with Gasteiger partial charge in [0.25, 0.3) is 0 Å². The summed E-state index contributed by atoms with van der Waals surface area (Å²) in [5.41, 5.74) is 11.1. The van der Waals surface area contributed by atoms with E-state index in [0.29, 0.717) is 12.2 Å². The fraction of sp³-hybridized carbons (Fsp3) is 0.280. The number of morpholine rings is 1. The van der Waals surface area contributed by atoms with Gasteiger partial charge >= 0.3 is 0 Å². The van der Waals surface area contributed by atoms with Crippen LogP contribution in [0.1, 0.15) is 33.3 Å². The Kier molecular flexibility index (Phi) is 6.30. The van der Waals surface area contributed by atoms with E-state index in [1.807, 2.05) is 30.5 Å². The van der Waals surface area contributed by atoms with E-state index in [4.69, 9.17) is 15.2 Å². The van der Waals surface area contributed by atoms with E-state index >= 15 is 0 Å². The normalized spacial score (nSPS) is 16.8. The summed E-state index contributed by atoms with van der Waals surface area (Å²) in [6.45, 7) is 5.19. The van der Waals surface area contributed by atoms with Crippen LogP contribution < -0.4 is 10.5 Å². The minimum absolute atomic E-state index is 0.0727. The molecule has 6 heteroatoms. The van der Waals surface area contributed by atoms with Crippen LogP contribution in [-0.2, 0) is 11.3 Å². The maximum Gasteiger partial charge on any atom is 0.248 e. The van der Waals surface area contributed by atoms with Gasteiger partial charge in [0.05, 0.1) is 19.4 Å². The summed E-state index contributed by atoms with van der Waals surface area (Å²) in [5.74, 6) is 0.496. The number of primary amides is 1. The number of methoxy groups -OCH3 is 1. The van der Waals surface area contributed by atoms with Crippen molar-refractivity contribution in [2.45, 2.75) is 19.6 Å². The van der Waals surface area contributed by atoms with Gasteiger partial charge in [-0.1, -0.05) is 30.3 Å². The first-order chi connectivity index (χ1) is 15.0. The number of hydrogen-bond acceptors (Lipinski definition) is 5. The van der Waals surface area contributed by atoms with Gasteiger partial charge in [0.15, 0.2) is 0 Å². The molecule has 1 aromatic heterocycles. The second kappa shape index (κ2) is 9.29. The molecule has 0 radical (unpaired) electrons. The van der Waals surface area contributed by atoms with E-state index in [-0.39, 0.29) is 6.10 Å². The number of hydrogen-bond donors (Lipinski definition) is 1. The van der Waals surface area contributed by atoms with Gasteiger partial charge < -0.3 is 15.2 Å². The van der Waals surface area contributed by atoms with E-state index < -0.39 is 5.91 Å². The maximum atomic E-state index is 11.2. The number of aromatic nitrogens is 1. The monoisotopic (exact) mass is 417 g/mol. The van der Waals surface area contributed by atoms with E-state index in [9.17, 15) is 4.79 Å². The van der Waals surface area contributed by atoms with Crippen LogP contribution in [0, 0.1) is 6.92 Å². The van der Waals surface area contributed by atoms with Crippen molar-refractivity contribution in [2.75, 3.05) is 26.8 Å². The topological polar surface area (TPSA) is 77.7 Å². The predicted octanol–water partition coefficient (Wildman–Crippen LogP) is 3.74. The molecule has 2 heterocycles. The molecule has 2 aromatic carbocycles. The summed E-state index contributed by atoms with van der Waals surface area (Å²) in [5, 5.41) is 0. The quantitative estimate of drug-likeness (QED) is 0.661. The average molecular weight is 418 g/mol. The first-order valence-electron chi connectivity index (χ1n) is 10.4. The standard InChI is InChI=1S/C25H27N3O3/c1-17-3-4-21(23(13-17)30-2)15-28-11-12-31-24(16-28)22-10-9-20(14-27-22)18-5-7-19(8-6-18)25(26)29/h3-10,13-14,24H,11-12,15-16H2,1-2H3,(H2,26,29)/t24-/m0/s1. The Balaban J connectivity index is 1.44. The lowest BCUT2D eigenvalue weighted by molar-refractivity contribution is -0.0351. The fourth-order valence-corrected chi connectivity index (χ4v) is 3.84. The second-order valence-electron chi connectivity index (χ2n) is 7.82. The number of pyridine rings is 1. The lowest BCUT2D eigenvalue weighted by Crippen LogP contribution is -2.38. The molecule has 0 saturated carbocycles. The average Bonchev–Trinajstić information content (AvgIpc) is 2.80. The van der Waals surface area contributed by atoms with Crippen molar-refractivity contribution in [3.8, 4) is 16.9 Å². The minimum Gasteiger partial charge on any atom is -0.496 e. The molecular formula is C25H27N3O3. The number of amides is 1. The van der Waals surface area contributed by atoms with Gasteiger partial charge in [-0.15, -0.1) is 0 Å². The van der Waals surface area contributed by atoms with Gasteiger partial charge in [-0.25, -0.2) is 0 Å². The number of nitrogens with two attached hydrogens (primary N) is 1. The van der Waals surface area contributed by atoms with Crippen molar-refractivity contribution in [1.29, 1.82) is 0 Å². The lowest BCUT2D eigenvalue weighted by atomic mass is 10.0. The van der Waals surface area contributed by atoms with E-state index in [1.165, 1.54) is 11.1 Å². The predicted molar refractivity (Wildman–Crippen MR) is 120 cm³/mol. The third-order valence-corrected chi connectivity index (χ3v) is 5.61. The minimum atomic E-state index is -0.428. The Morgan fingerprint density at radius 1 is 1.16 bits per heavy atom. The molecule has 0 aliphatic carbocycles. The number of carbonyl (C=O) groups excluding carboxylic acids is 1. The van der Waals surface area contributed by atoms with Crippen LogP contribution in [-0.4, -0.2) is 42.6 Å². The molecule has 1 atom stereocenters. The number of ether oxygens (including phenoxy) is 2. The molecular weight excluding hydrogens is 390 g/mol. The molecule has 31 heavy (non-hydrogen) atoms. The van der Waals surface area contributed by atoms with Crippen LogP contribution >= 0.6 is 0 Å². The van der Waals surface area contributed by atoms with E-state index in [0.717, 1.165) is 42.2 Å². The van der Waals surface area contributed by atoms with Crippen molar-refractivity contribution < 1.29 is 14.3 Å². The Morgan fingerprint density at radius 2 is 1.94 bits per heavy atom. The molecule has 1 amide bonds. The SMILES string of the molecule is COc1cc(C)ccc1CN1CCO[C@H](c2ccc(-c3ccc(C(N)=O)cc3)cn2)C1. The molecule has 1 fully saturated rings. The Labute approximate surface area is 182 Å². The van der Waals surface area contributed by atoms with Crippen LogP contribution in [0.25, 0.3) is 11.1 Å². The molecule has 1 aliphatic heterocycles. The molecule has 160 valence electrons. The second-order valence-corrected chi connectivity index (χ2v) is 7.82. The molecule has 3 aromatic rings. The summed E-state index contributed by atoms with van der Waals surface area (Å²) in [7, 11) is 1.72. The molecule has 4 rings (SSSR count). The third kappa shape index (κ3) is 4.93. The van der Waals surface area contributed by atoms with Crippen molar-refractivity contribution in [2.24, 2.45) is 5.73 Å². The Bertz CT molecular complexity index is 1050. The van der Waals surface area contributed by atoms with Crippen LogP contribution in [0.15, 0.2) is 60.8 Å². The van der Waals surface area contributed by atoms with Gasteiger partial charge in [-0.05, 0) is 42.3 Å². The number of rotatable bonds is 6. The zero-order valence-corrected chi connectivity index (χ0v) is 17.9. The van der Waals surface area contributed by atoms with Gasteiger partial charge in [0.2, 0.25) is 5.91 Å². The summed E-state index contributed by atoms with van der Waals surface area (Å²) >= 11 is 0. The first kappa shape index (κ1) is 21.0. The highest BCUT2D eigenvalue weighted by Crippen LogP contribution is 2.27. The number of aryl methyl sites for hydroxylation is 1. The van der Waals surface area contributed by atoms with Crippen molar-refractivity contribution >= 4 is 5.91 Å². The maximum absolute atomic E-state index is 11.2. The molecule has 6 nitrogen and oxygen atoms in total. The molecule has 0 spiro atoms. The molecule has 2 N–H and O–H groups in total. The Hall–Kier alpha value is -3.22. The van der Waals surface area contributed by atoms with E-state index in [1.54, 1.807) is 19.2 Å². The van der Waals surface area contributed by atoms with E-state index in [2.05, 4.69) is 35.0 Å². The van der Waals surface area contributed by atoms with Gasteiger partial charge in [0.1, 0.15) is 11.9 Å². The largest absolute Gasteiger partial charge is 0.496 e. The fourth-order valence-electron chi connectivity index (χ4n) is 3.84. The van der Waals surface area contributed by atoms with Gasteiger partial charge in [0, 0.05) is 42.5 Å². The number of nitrogens with zero attached hydrogens (tertiary/aromatic N) is 2. The molecule has 0 unspecified atom stereocenters. The van der Waals surface area contributed by atoms with Crippen LogP contribution in [0.3, 0.4) is 0 Å². The Morgan fingerprint density at radius 3 is 2.61 bits per heavy atom. The first-order valence-corrected chi connectivity index (χ1v) is 10.4. The zero-order chi connectivity index (χ0) is 21.8. The zero-order valence-electron chi connectivity index (χ0n) is 17.9. The number of carbonyl (C=O) groups is 1. The van der Waals surface area contributed by atoms with Gasteiger partial charge in [-0.2, -0.15) is 0 Å². The molecule has 1 aliphatic rings. The lowest BCUT2D eigenvalue weighted by Gasteiger charge is -2.33.